The minimum absolute atomic E-state index is 0. The highest BCUT2D eigenvalue weighted by Crippen LogP contribution is 2.27. The van der Waals surface area contributed by atoms with E-state index in [-0.39, 0.29) is 23.8 Å². The Bertz CT molecular complexity index is 567. The van der Waals surface area contributed by atoms with Crippen molar-refractivity contribution in [1.29, 1.82) is 0 Å². The van der Waals surface area contributed by atoms with Gasteiger partial charge < -0.3 is 5.73 Å². The second kappa shape index (κ2) is 7.15. The van der Waals surface area contributed by atoms with Gasteiger partial charge in [0.25, 0.3) is 5.69 Å². The molecule has 3 N–H and O–H groups in total. The van der Waals surface area contributed by atoms with Crippen molar-refractivity contribution in [3.05, 3.63) is 32.8 Å². The molecule has 0 fully saturated rings. The molecule has 0 saturated carbocycles. The Hall–Kier alpha value is -0.740. The summed E-state index contributed by atoms with van der Waals surface area (Å²) < 4.78 is 26.7. The van der Waals surface area contributed by atoms with Crippen LogP contribution in [0.4, 0.5) is 5.69 Å². The molecule has 0 aliphatic heterocycles. The van der Waals surface area contributed by atoms with E-state index in [4.69, 9.17) is 5.73 Å². The number of rotatable bonds is 5. The molecule has 1 atom stereocenters. The smallest absolute Gasteiger partial charge is 0.289 e. The molecule has 19 heavy (non-hydrogen) atoms. The summed E-state index contributed by atoms with van der Waals surface area (Å²) >= 11 is 3.08. The van der Waals surface area contributed by atoms with E-state index >= 15 is 0 Å². The molecule has 0 unspecified atom stereocenters. The maximum Gasteiger partial charge on any atom is 0.289 e. The molecule has 0 saturated heterocycles. The molecule has 1 aromatic carbocycles. The Morgan fingerprint density at radius 2 is 2.11 bits per heavy atom. The van der Waals surface area contributed by atoms with Gasteiger partial charge in [0, 0.05) is 23.1 Å². The molecule has 0 spiro atoms. The van der Waals surface area contributed by atoms with Gasteiger partial charge in [-0.15, -0.1) is 12.4 Å². The van der Waals surface area contributed by atoms with Crippen LogP contribution in [-0.2, 0) is 10.0 Å². The summed E-state index contributed by atoms with van der Waals surface area (Å²) in [6, 6.07) is 3.22. The number of benzene rings is 1. The van der Waals surface area contributed by atoms with Crippen LogP contribution in [0.1, 0.15) is 6.92 Å². The molecule has 0 radical (unpaired) electrons. The summed E-state index contributed by atoms with van der Waals surface area (Å²) in [6.45, 7) is 1.67. The third-order valence-corrected chi connectivity index (χ3v) is 4.23. The Labute approximate surface area is 125 Å². The summed E-state index contributed by atoms with van der Waals surface area (Å²) in [6.07, 6.45) is 0. The molecular formula is C9H13BrClN3O4S. The molecular weight excluding hydrogens is 362 g/mol. The lowest BCUT2D eigenvalue weighted by molar-refractivity contribution is -0.387. The normalized spacial score (nSPS) is 12.6. The SMILES string of the molecule is C[C@@H](CN)NS(=O)(=O)c1cc(Br)ccc1[N+](=O)[O-].Cl. The highest BCUT2D eigenvalue weighted by Gasteiger charge is 2.26. The molecule has 108 valence electrons. The van der Waals surface area contributed by atoms with Crippen LogP contribution in [0.3, 0.4) is 0 Å². The third kappa shape index (κ3) is 4.69. The Morgan fingerprint density at radius 1 is 1.53 bits per heavy atom. The zero-order valence-electron chi connectivity index (χ0n) is 9.87. The minimum atomic E-state index is -3.97. The largest absolute Gasteiger partial charge is 0.329 e. The number of nitro groups is 1. The number of nitrogens with one attached hydrogen (secondary N) is 1. The van der Waals surface area contributed by atoms with Gasteiger partial charge in [0.15, 0.2) is 4.90 Å². The molecule has 1 aromatic rings. The van der Waals surface area contributed by atoms with Gasteiger partial charge in [-0.1, -0.05) is 15.9 Å². The van der Waals surface area contributed by atoms with Crippen LogP contribution in [0.25, 0.3) is 0 Å². The maximum atomic E-state index is 12.0. The number of sulfonamides is 1. The van der Waals surface area contributed by atoms with Crippen LogP contribution < -0.4 is 10.5 Å². The van der Waals surface area contributed by atoms with Crippen molar-refractivity contribution in [2.45, 2.75) is 17.9 Å². The van der Waals surface area contributed by atoms with E-state index in [0.29, 0.717) is 4.47 Å². The molecule has 1 rings (SSSR count). The Morgan fingerprint density at radius 3 is 2.58 bits per heavy atom. The van der Waals surface area contributed by atoms with Crippen molar-refractivity contribution >= 4 is 44.0 Å². The number of halogens is 2. The predicted octanol–water partition coefficient (Wildman–Crippen LogP) is 1.40. The van der Waals surface area contributed by atoms with E-state index in [2.05, 4.69) is 20.7 Å². The van der Waals surface area contributed by atoms with Crippen molar-refractivity contribution in [2.75, 3.05) is 6.54 Å². The minimum Gasteiger partial charge on any atom is -0.329 e. The second-order valence-corrected chi connectivity index (χ2v) is 6.23. The zero-order chi connectivity index (χ0) is 13.9. The van der Waals surface area contributed by atoms with Gasteiger partial charge in [0.1, 0.15) is 0 Å². The fourth-order valence-electron chi connectivity index (χ4n) is 1.23. The first kappa shape index (κ1) is 18.3. The van der Waals surface area contributed by atoms with Gasteiger partial charge in [-0.25, -0.2) is 13.1 Å². The lowest BCUT2D eigenvalue weighted by Gasteiger charge is -2.12. The first-order chi connectivity index (χ1) is 8.27. The van der Waals surface area contributed by atoms with Gasteiger partial charge in [0.05, 0.1) is 4.92 Å². The Balaban J connectivity index is 0.00000324. The summed E-state index contributed by atoms with van der Waals surface area (Å²) in [7, 11) is -3.97. The average molecular weight is 375 g/mol. The van der Waals surface area contributed by atoms with Crippen molar-refractivity contribution in [1.82, 2.24) is 4.72 Å². The molecule has 10 heteroatoms. The average Bonchev–Trinajstić information content (AvgIpc) is 2.27. The maximum absolute atomic E-state index is 12.0. The molecule has 0 bridgehead atoms. The first-order valence-electron chi connectivity index (χ1n) is 4.94. The number of hydrogen-bond donors (Lipinski definition) is 2. The van der Waals surface area contributed by atoms with Crippen molar-refractivity contribution in [3.63, 3.8) is 0 Å². The first-order valence-corrected chi connectivity index (χ1v) is 7.22. The molecule has 0 heterocycles. The fourth-order valence-corrected chi connectivity index (χ4v) is 3.20. The predicted molar refractivity (Wildman–Crippen MR) is 76.9 cm³/mol. The van der Waals surface area contributed by atoms with Gasteiger partial charge in [0.2, 0.25) is 10.0 Å². The highest BCUT2D eigenvalue weighted by molar-refractivity contribution is 9.10. The van der Waals surface area contributed by atoms with Crippen LogP contribution in [0.5, 0.6) is 0 Å². The lowest BCUT2D eigenvalue weighted by Crippen LogP contribution is -2.37. The summed E-state index contributed by atoms with van der Waals surface area (Å²) in [5.74, 6) is 0. The monoisotopic (exact) mass is 373 g/mol. The number of nitrogens with zero attached hydrogens (tertiary/aromatic N) is 1. The van der Waals surface area contributed by atoms with Crippen LogP contribution in [0.15, 0.2) is 27.6 Å². The topological polar surface area (TPSA) is 115 Å². The van der Waals surface area contributed by atoms with E-state index in [1.54, 1.807) is 6.92 Å². The summed E-state index contributed by atoms with van der Waals surface area (Å²) in [5.41, 5.74) is 4.84. The van der Waals surface area contributed by atoms with Crippen molar-refractivity contribution in [3.8, 4) is 0 Å². The van der Waals surface area contributed by atoms with Crippen LogP contribution in [0, 0.1) is 10.1 Å². The molecule has 0 amide bonds. The second-order valence-electron chi connectivity index (χ2n) is 3.63. The van der Waals surface area contributed by atoms with Crippen LogP contribution >= 0.6 is 28.3 Å². The summed E-state index contributed by atoms with van der Waals surface area (Å²) in [4.78, 5) is 9.68. The molecule has 0 aromatic heterocycles. The Kier molecular flexibility index (Phi) is 6.87. The van der Waals surface area contributed by atoms with E-state index in [1.807, 2.05) is 0 Å². The number of hydrogen-bond acceptors (Lipinski definition) is 5. The van der Waals surface area contributed by atoms with Gasteiger partial charge in [-0.05, 0) is 19.1 Å². The lowest BCUT2D eigenvalue weighted by atomic mass is 10.3. The van der Waals surface area contributed by atoms with E-state index in [0.717, 1.165) is 6.07 Å². The third-order valence-electron chi connectivity index (χ3n) is 2.12. The standard InChI is InChI=1S/C9H12BrN3O4S.ClH/c1-6(5-11)12-18(16,17)9-4-7(10)2-3-8(9)13(14)15;/h2-4,6,12H,5,11H2,1H3;1H/t6-;/m0./s1. The molecule has 0 aliphatic rings. The number of nitrogens with two attached hydrogens (primary N) is 1. The summed E-state index contributed by atoms with van der Waals surface area (Å²) in [5, 5.41) is 10.8. The van der Waals surface area contributed by atoms with Gasteiger partial charge in [-0.3, -0.25) is 10.1 Å². The van der Waals surface area contributed by atoms with E-state index in [1.165, 1.54) is 12.1 Å². The highest BCUT2D eigenvalue weighted by atomic mass is 79.9. The quantitative estimate of drug-likeness (QED) is 0.597. The zero-order valence-corrected chi connectivity index (χ0v) is 13.1. The molecule has 0 aliphatic carbocycles. The van der Waals surface area contributed by atoms with E-state index in [9.17, 15) is 18.5 Å². The van der Waals surface area contributed by atoms with Crippen LogP contribution in [0.2, 0.25) is 0 Å². The van der Waals surface area contributed by atoms with Crippen molar-refractivity contribution < 1.29 is 13.3 Å². The van der Waals surface area contributed by atoms with E-state index < -0.39 is 26.7 Å². The number of nitro benzene ring substituents is 1. The van der Waals surface area contributed by atoms with Gasteiger partial charge in [-0.2, -0.15) is 0 Å². The van der Waals surface area contributed by atoms with Gasteiger partial charge >= 0.3 is 0 Å². The van der Waals surface area contributed by atoms with Crippen LogP contribution in [-0.4, -0.2) is 25.9 Å². The fraction of sp³-hybridized carbons (Fsp3) is 0.333. The van der Waals surface area contributed by atoms with Crippen molar-refractivity contribution in [2.24, 2.45) is 5.73 Å². The molecule has 7 nitrogen and oxygen atoms in total.